The maximum absolute atomic E-state index is 13.4. The Bertz CT molecular complexity index is 1520. The molecule has 4 aromatic rings. The first-order valence-corrected chi connectivity index (χ1v) is 13.4. The summed E-state index contributed by atoms with van der Waals surface area (Å²) in [6.07, 6.45) is 0.168. The van der Waals surface area contributed by atoms with Gasteiger partial charge in [-0.2, -0.15) is 0 Å². The number of para-hydroxylation sites is 2. The quantitative estimate of drug-likeness (QED) is 0.286. The van der Waals surface area contributed by atoms with Crippen LogP contribution in [0.2, 0.25) is 0 Å². The number of aromatic nitrogens is 4. The van der Waals surface area contributed by atoms with Gasteiger partial charge in [0.25, 0.3) is 11.5 Å². The number of anilines is 2. The van der Waals surface area contributed by atoms with Gasteiger partial charge in [0.1, 0.15) is 5.82 Å². The van der Waals surface area contributed by atoms with E-state index >= 15 is 0 Å². The van der Waals surface area contributed by atoms with E-state index in [0.29, 0.717) is 34.8 Å². The lowest BCUT2D eigenvalue weighted by atomic mass is 10.2. The smallest absolute Gasteiger partial charge is 0.262 e. The molecule has 1 fully saturated rings. The van der Waals surface area contributed by atoms with Crippen molar-refractivity contribution in [3.05, 3.63) is 76.7 Å². The molecule has 0 saturated carbocycles. The molecule has 2 aromatic heterocycles. The van der Waals surface area contributed by atoms with Gasteiger partial charge in [0, 0.05) is 56.6 Å². The van der Waals surface area contributed by atoms with Gasteiger partial charge >= 0.3 is 0 Å². The average Bonchev–Trinajstić information content (AvgIpc) is 3.29. The lowest BCUT2D eigenvalue weighted by molar-refractivity contribution is -0.131. The lowest BCUT2D eigenvalue weighted by Crippen LogP contribution is -2.49. The van der Waals surface area contributed by atoms with E-state index in [-0.39, 0.29) is 41.9 Å². The van der Waals surface area contributed by atoms with Gasteiger partial charge in [0.15, 0.2) is 5.16 Å². The number of nitrogens with zero attached hydrogens (tertiary/aromatic N) is 6. The minimum absolute atomic E-state index is 0.00700. The number of aryl methyl sites for hydroxylation is 1. The van der Waals surface area contributed by atoms with Gasteiger partial charge in [-0.25, -0.2) is 9.67 Å². The van der Waals surface area contributed by atoms with Gasteiger partial charge in [0.2, 0.25) is 5.91 Å². The Kier molecular flexibility index (Phi) is 7.45. The van der Waals surface area contributed by atoms with Crippen LogP contribution in [0.5, 0.6) is 0 Å². The van der Waals surface area contributed by atoms with Crippen molar-refractivity contribution in [2.75, 3.05) is 42.6 Å². The van der Waals surface area contributed by atoms with Crippen LogP contribution in [-0.4, -0.2) is 68.0 Å². The molecule has 0 radical (unpaired) electrons. The standard InChI is InChI=1S/C27H29N7O3S/c1-19-17-23(28)30-34(19)25(36)18-38-27-29-22-10-6-5-9-21(22)26(37)33(27)12-11-24(35)32-15-13-31(14-16-32)20-7-3-2-4-8-20/h2-10,17H,11-16,18H2,1H3,(H2,28,30). The highest BCUT2D eigenvalue weighted by Crippen LogP contribution is 2.20. The maximum atomic E-state index is 13.4. The van der Waals surface area contributed by atoms with Crippen LogP contribution >= 0.6 is 11.8 Å². The molecule has 11 heteroatoms. The molecular weight excluding hydrogens is 502 g/mol. The fraction of sp³-hybridized carbons (Fsp3) is 0.296. The highest BCUT2D eigenvalue weighted by Gasteiger charge is 2.22. The Morgan fingerprint density at radius 3 is 2.39 bits per heavy atom. The van der Waals surface area contributed by atoms with E-state index in [0.717, 1.165) is 30.5 Å². The molecule has 1 saturated heterocycles. The fourth-order valence-corrected chi connectivity index (χ4v) is 5.48. The Hall–Kier alpha value is -4.12. The Morgan fingerprint density at radius 1 is 0.974 bits per heavy atom. The van der Waals surface area contributed by atoms with Crippen molar-refractivity contribution in [3.63, 3.8) is 0 Å². The zero-order valence-electron chi connectivity index (χ0n) is 21.1. The molecule has 0 aliphatic carbocycles. The summed E-state index contributed by atoms with van der Waals surface area (Å²) in [5.74, 6) is 0.00458. The molecule has 0 spiro atoms. The van der Waals surface area contributed by atoms with Crippen LogP contribution in [0.1, 0.15) is 16.9 Å². The normalized spacial score (nSPS) is 13.7. The molecule has 1 aliphatic rings. The monoisotopic (exact) mass is 531 g/mol. The van der Waals surface area contributed by atoms with E-state index in [9.17, 15) is 14.4 Å². The highest BCUT2D eigenvalue weighted by molar-refractivity contribution is 7.99. The summed E-state index contributed by atoms with van der Waals surface area (Å²) in [4.78, 5) is 48.0. The van der Waals surface area contributed by atoms with Gasteiger partial charge in [0.05, 0.1) is 16.7 Å². The third kappa shape index (κ3) is 5.42. The lowest BCUT2D eigenvalue weighted by Gasteiger charge is -2.36. The highest BCUT2D eigenvalue weighted by atomic mass is 32.2. The number of benzene rings is 2. The molecule has 1 amide bonds. The number of fused-ring (bicyclic) bond motifs is 1. The second-order valence-corrected chi connectivity index (χ2v) is 10.1. The minimum atomic E-state index is -0.273. The number of amides is 1. The first-order chi connectivity index (χ1) is 18.4. The first kappa shape index (κ1) is 25.5. The number of rotatable bonds is 7. The van der Waals surface area contributed by atoms with Crippen LogP contribution in [0.15, 0.2) is 70.6 Å². The summed E-state index contributed by atoms with van der Waals surface area (Å²) >= 11 is 1.15. The van der Waals surface area contributed by atoms with Crippen molar-refractivity contribution in [2.45, 2.75) is 25.0 Å². The zero-order valence-corrected chi connectivity index (χ0v) is 21.9. The fourth-order valence-electron chi connectivity index (χ4n) is 4.61. The summed E-state index contributed by atoms with van der Waals surface area (Å²) in [6.45, 7) is 4.70. The van der Waals surface area contributed by atoms with Crippen LogP contribution in [0.3, 0.4) is 0 Å². The Labute approximate surface area is 224 Å². The summed E-state index contributed by atoms with van der Waals surface area (Å²) in [5.41, 5.74) is 7.81. The van der Waals surface area contributed by atoms with Crippen molar-refractivity contribution >= 4 is 46.0 Å². The average molecular weight is 532 g/mol. The molecule has 0 unspecified atom stereocenters. The van der Waals surface area contributed by atoms with Crippen molar-refractivity contribution in [1.82, 2.24) is 24.2 Å². The predicted octanol–water partition coefficient (Wildman–Crippen LogP) is 2.66. The van der Waals surface area contributed by atoms with Gasteiger partial charge in [-0.3, -0.25) is 19.0 Å². The van der Waals surface area contributed by atoms with Gasteiger partial charge in [-0.1, -0.05) is 42.1 Å². The first-order valence-electron chi connectivity index (χ1n) is 12.5. The van der Waals surface area contributed by atoms with Crippen molar-refractivity contribution in [2.24, 2.45) is 0 Å². The predicted molar refractivity (Wildman–Crippen MR) is 149 cm³/mol. The number of hydrogen-bond acceptors (Lipinski definition) is 8. The van der Waals surface area contributed by atoms with E-state index in [4.69, 9.17) is 5.73 Å². The number of carbonyl (C=O) groups is 2. The minimum Gasteiger partial charge on any atom is -0.382 e. The molecule has 2 N–H and O–H groups in total. The number of nitrogen functional groups attached to an aromatic ring is 1. The van der Waals surface area contributed by atoms with Crippen LogP contribution in [0.25, 0.3) is 10.9 Å². The summed E-state index contributed by atoms with van der Waals surface area (Å²) in [7, 11) is 0. The molecule has 1 aliphatic heterocycles. The summed E-state index contributed by atoms with van der Waals surface area (Å²) in [6, 6.07) is 18.9. The van der Waals surface area contributed by atoms with Crippen LogP contribution in [0, 0.1) is 6.92 Å². The molecular formula is C27H29N7O3S. The van der Waals surface area contributed by atoms with Gasteiger partial charge in [-0.15, -0.1) is 5.10 Å². The molecule has 2 aromatic carbocycles. The van der Waals surface area contributed by atoms with Crippen LogP contribution in [-0.2, 0) is 11.3 Å². The molecule has 3 heterocycles. The number of nitrogens with two attached hydrogens (primary N) is 1. The topological polar surface area (TPSA) is 119 Å². The Morgan fingerprint density at radius 2 is 1.68 bits per heavy atom. The second kappa shape index (κ2) is 11.1. The van der Waals surface area contributed by atoms with E-state index in [1.807, 2.05) is 29.2 Å². The maximum Gasteiger partial charge on any atom is 0.262 e. The molecule has 0 bridgehead atoms. The number of thioether (sulfide) groups is 1. The van der Waals surface area contributed by atoms with E-state index in [1.165, 1.54) is 9.25 Å². The molecule has 196 valence electrons. The van der Waals surface area contributed by atoms with Crippen LogP contribution < -0.4 is 16.2 Å². The SMILES string of the molecule is Cc1cc(N)nn1C(=O)CSc1nc2ccccc2c(=O)n1CCC(=O)N1CCN(c2ccccc2)CC1. The number of carbonyl (C=O) groups excluding carboxylic acids is 2. The van der Waals surface area contributed by atoms with Crippen LogP contribution in [0.4, 0.5) is 11.5 Å². The van der Waals surface area contributed by atoms with Gasteiger partial charge < -0.3 is 15.5 Å². The van der Waals surface area contributed by atoms with Gasteiger partial charge in [-0.05, 0) is 31.2 Å². The largest absolute Gasteiger partial charge is 0.382 e. The van der Waals surface area contributed by atoms with E-state index < -0.39 is 0 Å². The second-order valence-electron chi connectivity index (χ2n) is 9.13. The summed E-state index contributed by atoms with van der Waals surface area (Å²) < 4.78 is 2.76. The van der Waals surface area contributed by atoms with E-state index in [1.54, 1.807) is 31.2 Å². The zero-order chi connectivity index (χ0) is 26.6. The molecule has 0 atom stereocenters. The third-order valence-corrected chi connectivity index (χ3v) is 7.56. The number of piperazine rings is 1. The summed E-state index contributed by atoms with van der Waals surface area (Å²) in [5, 5.41) is 4.90. The van der Waals surface area contributed by atoms with Crippen molar-refractivity contribution in [3.8, 4) is 0 Å². The molecule has 5 rings (SSSR count). The molecule has 38 heavy (non-hydrogen) atoms. The van der Waals surface area contributed by atoms with E-state index in [2.05, 4.69) is 27.1 Å². The Balaban J connectivity index is 1.29. The molecule has 10 nitrogen and oxygen atoms in total. The number of hydrogen-bond donors (Lipinski definition) is 1. The van der Waals surface area contributed by atoms with Crippen molar-refractivity contribution < 1.29 is 9.59 Å². The van der Waals surface area contributed by atoms with Crippen molar-refractivity contribution in [1.29, 1.82) is 0 Å². The third-order valence-electron chi connectivity index (χ3n) is 6.60.